The van der Waals surface area contributed by atoms with Crippen LogP contribution in [-0.4, -0.2) is 25.5 Å². The number of nitrogens with two attached hydrogens (primary N) is 1. The molecule has 0 aromatic heterocycles. The van der Waals surface area contributed by atoms with Gasteiger partial charge in [0.25, 0.3) is 0 Å². The van der Waals surface area contributed by atoms with E-state index in [0.29, 0.717) is 23.9 Å². The quantitative estimate of drug-likeness (QED) is 0.549. The van der Waals surface area contributed by atoms with Gasteiger partial charge < -0.3 is 16.0 Å². The van der Waals surface area contributed by atoms with Crippen LogP contribution in [0.5, 0.6) is 0 Å². The van der Waals surface area contributed by atoms with Gasteiger partial charge in [0.15, 0.2) is 0 Å². The molecule has 31 heavy (non-hydrogen) atoms. The van der Waals surface area contributed by atoms with Crippen molar-refractivity contribution in [2.45, 2.75) is 13.0 Å². The third-order valence-corrected chi connectivity index (χ3v) is 6.30. The molecule has 4 nitrogen and oxygen atoms in total. The zero-order valence-corrected chi connectivity index (χ0v) is 18.3. The summed E-state index contributed by atoms with van der Waals surface area (Å²) in [4.78, 5) is 14.0. The van der Waals surface area contributed by atoms with Gasteiger partial charge in [-0.25, -0.2) is 0 Å². The summed E-state index contributed by atoms with van der Waals surface area (Å²) in [5.41, 5.74) is 9.60. The maximum Gasteiger partial charge on any atom is 0.248 e. The van der Waals surface area contributed by atoms with E-state index in [4.69, 9.17) is 17.3 Å². The summed E-state index contributed by atoms with van der Waals surface area (Å²) >= 11 is 6.14. The normalized spacial score (nSPS) is 18.1. The van der Waals surface area contributed by atoms with E-state index < -0.39 is 5.91 Å². The molecule has 1 aliphatic rings. The van der Waals surface area contributed by atoms with Gasteiger partial charge in [-0.2, -0.15) is 0 Å². The fourth-order valence-corrected chi connectivity index (χ4v) is 4.52. The highest BCUT2D eigenvalue weighted by Gasteiger charge is 2.29. The maximum atomic E-state index is 11.6. The van der Waals surface area contributed by atoms with Crippen molar-refractivity contribution in [3.05, 3.63) is 101 Å². The summed E-state index contributed by atoms with van der Waals surface area (Å²) < 4.78 is 0. The molecule has 5 heteroatoms. The molecule has 2 unspecified atom stereocenters. The molecule has 3 aromatic rings. The minimum Gasteiger partial charge on any atom is -0.367 e. The van der Waals surface area contributed by atoms with Gasteiger partial charge in [-0.15, -0.1) is 0 Å². The Hall–Kier alpha value is -2.82. The number of anilines is 1. The number of carbonyl (C=O) groups is 1. The van der Waals surface area contributed by atoms with Gasteiger partial charge >= 0.3 is 0 Å². The van der Waals surface area contributed by atoms with Crippen LogP contribution in [0.25, 0.3) is 0 Å². The van der Waals surface area contributed by atoms with Crippen molar-refractivity contribution in [2.24, 2.45) is 17.6 Å². The lowest BCUT2D eigenvalue weighted by Crippen LogP contribution is -2.33. The Morgan fingerprint density at radius 3 is 2.39 bits per heavy atom. The van der Waals surface area contributed by atoms with Crippen LogP contribution in [0.15, 0.2) is 78.9 Å². The third kappa shape index (κ3) is 5.66. The summed E-state index contributed by atoms with van der Waals surface area (Å²) in [6.45, 7) is 3.67. The zero-order chi connectivity index (χ0) is 21.6. The topological polar surface area (TPSA) is 58.4 Å². The zero-order valence-electron chi connectivity index (χ0n) is 17.5. The number of hydrogen-bond acceptors (Lipinski definition) is 3. The van der Waals surface area contributed by atoms with E-state index in [1.54, 1.807) is 6.07 Å². The first-order valence-electron chi connectivity index (χ1n) is 10.7. The highest BCUT2D eigenvalue weighted by atomic mass is 35.5. The molecule has 0 radical (unpaired) electrons. The average molecular weight is 434 g/mol. The van der Waals surface area contributed by atoms with Gasteiger partial charge in [0, 0.05) is 29.4 Å². The van der Waals surface area contributed by atoms with Crippen LogP contribution < -0.4 is 16.0 Å². The van der Waals surface area contributed by atoms with Crippen LogP contribution in [0.4, 0.5) is 5.69 Å². The summed E-state index contributed by atoms with van der Waals surface area (Å²) in [7, 11) is 0. The molecule has 0 saturated carbocycles. The lowest BCUT2D eigenvalue weighted by Gasteiger charge is -2.30. The number of hydrogen-bond donors (Lipinski definition) is 2. The number of primary amides is 1. The number of nitrogens with zero attached hydrogens (tertiary/aromatic N) is 1. The largest absolute Gasteiger partial charge is 0.367 e. The predicted molar refractivity (Wildman–Crippen MR) is 127 cm³/mol. The molecule has 0 aliphatic carbocycles. The van der Waals surface area contributed by atoms with Crippen molar-refractivity contribution >= 4 is 23.2 Å². The molecular weight excluding hydrogens is 406 g/mol. The van der Waals surface area contributed by atoms with Gasteiger partial charge in [-0.3, -0.25) is 4.79 Å². The highest BCUT2D eigenvalue weighted by Crippen LogP contribution is 2.27. The molecule has 1 amide bonds. The Labute approximate surface area is 189 Å². The molecule has 160 valence electrons. The molecule has 3 N–H and O–H groups in total. The van der Waals surface area contributed by atoms with Crippen LogP contribution in [0.1, 0.15) is 21.5 Å². The first-order chi connectivity index (χ1) is 15.1. The highest BCUT2D eigenvalue weighted by molar-refractivity contribution is 6.30. The van der Waals surface area contributed by atoms with Crippen molar-refractivity contribution in [1.29, 1.82) is 0 Å². The number of rotatable bonds is 8. The second-order valence-electron chi connectivity index (χ2n) is 8.29. The van der Waals surface area contributed by atoms with Crippen LogP contribution in [0, 0.1) is 11.8 Å². The SMILES string of the molecule is NC(=O)c1cccc(CN(CC2CNCC2Cc2ccccc2)c2ccc(Cl)cc2)c1. The number of amides is 1. The molecule has 4 rings (SSSR count). The summed E-state index contributed by atoms with van der Waals surface area (Å²) in [6.07, 6.45) is 1.07. The van der Waals surface area contributed by atoms with E-state index in [9.17, 15) is 4.79 Å². The monoisotopic (exact) mass is 433 g/mol. The van der Waals surface area contributed by atoms with Gasteiger partial charge in [0.1, 0.15) is 0 Å². The number of benzene rings is 3. The molecule has 0 bridgehead atoms. The van der Waals surface area contributed by atoms with Crippen molar-refractivity contribution in [2.75, 3.05) is 24.5 Å². The second-order valence-corrected chi connectivity index (χ2v) is 8.73. The van der Waals surface area contributed by atoms with Gasteiger partial charge in [-0.1, -0.05) is 54.1 Å². The van der Waals surface area contributed by atoms with Crippen molar-refractivity contribution in [3.8, 4) is 0 Å². The Balaban J connectivity index is 1.55. The van der Waals surface area contributed by atoms with Crippen molar-refractivity contribution < 1.29 is 4.79 Å². The van der Waals surface area contributed by atoms with E-state index in [1.807, 2.05) is 30.3 Å². The predicted octanol–water partition coefficient (Wildman–Crippen LogP) is 4.52. The van der Waals surface area contributed by atoms with Gasteiger partial charge in [-0.05, 0) is 78.9 Å². The Morgan fingerprint density at radius 2 is 1.65 bits per heavy atom. The summed E-state index contributed by atoms with van der Waals surface area (Å²) in [5.74, 6) is 0.701. The van der Waals surface area contributed by atoms with E-state index >= 15 is 0 Å². The van der Waals surface area contributed by atoms with Gasteiger partial charge in [0.2, 0.25) is 5.91 Å². The lowest BCUT2D eigenvalue weighted by molar-refractivity contribution is 0.1000. The molecule has 0 spiro atoms. The van der Waals surface area contributed by atoms with E-state index in [2.05, 4.69) is 52.7 Å². The molecule has 2 atom stereocenters. The molecular formula is C26H28ClN3O. The second kappa shape index (κ2) is 9.99. The molecule has 1 aliphatic heterocycles. The Morgan fingerprint density at radius 1 is 0.935 bits per heavy atom. The molecule has 1 saturated heterocycles. The van der Waals surface area contributed by atoms with Crippen LogP contribution >= 0.6 is 11.6 Å². The average Bonchev–Trinajstić information content (AvgIpc) is 3.21. The number of halogens is 1. The fourth-order valence-electron chi connectivity index (χ4n) is 4.40. The Kier molecular flexibility index (Phi) is 6.90. The van der Waals surface area contributed by atoms with E-state index in [1.165, 1.54) is 5.56 Å². The molecule has 1 heterocycles. The van der Waals surface area contributed by atoms with E-state index in [0.717, 1.165) is 42.3 Å². The first-order valence-corrected chi connectivity index (χ1v) is 11.1. The van der Waals surface area contributed by atoms with Crippen LogP contribution in [-0.2, 0) is 13.0 Å². The van der Waals surface area contributed by atoms with Crippen LogP contribution in [0.2, 0.25) is 5.02 Å². The lowest BCUT2D eigenvalue weighted by atomic mass is 9.89. The third-order valence-electron chi connectivity index (χ3n) is 6.05. The number of nitrogens with one attached hydrogen (secondary N) is 1. The smallest absolute Gasteiger partial charge is 0.248 e. The minimum absolute atomic E-state index is 0.400. The standard InChI is InChI=1S/C26H28ClN3O/c27-24-9-11-25(12-10-24)30(17-20-7-4-8-21(14-20)26(28)31)18-23-16-29-15-22(23)13-19-5-2-1-3-6-19/h1-12,14,22-23,29H,13,15-18H2,(H2,28,31). The molecule has 3 aromatic carbocycles. The fraction of sp³-hybridized carbons (Fsp3) is 0.269. The van der Waals surface area contributed by atoms with E-state index in [-0.39, 0.29) is 0 Å². The number of carbonyl (C=O) groups excluding carboxylic acids is 1. The molecule has 1 fully saturated rings. The maximum absolute atomic E-state index is 11.6. The minimum atomic E-state index is -0.400. The summed E-state index contributed by atoms with van der Waals surface area (Å²) in [6, 6.07) is 26.3. The van der Waals surface area contributed by atoms with Gasteiger partial charge in [0.05, 0.1) is 0 Å². The van der Waals surface area contributed by atoms with Crippen LogP contribution in [0.3, 0.4) is 0 Å². The van der Waals surface area contributed by atoms with Crippen molar-refractivity contribution in [1.82, 2.24) is 5.32 Å². The first kappa shape index (κ1) is 21.4. The summed E-state index contributed by atoms with van der Waals surface area (Å²) in [5, 5.41) is 4.31. The Bertz CT molecular complexity index is 1010. The van der Waals surface area contributed by atoms with Crippen molar-refractivity contribution in [3.63, 3.8) is 0 Å².